The molecule has 3 heterocycles. The third kappa shape index (κ3) is 2.02. The molecule has 7 heteroatoms. The Balaban J connectivity index is 1.67. The average molecular weight is 298 g/mol. The number of carboxylic acid groups (broad SMARTS) is 1. The highest BCUT2D eigenvalue weighted by atomic mass is 16.5. The van der Waals surface area contributed by atoms with Crippen LogP contribution in [0, 0.1) is 0 Å². The Morgan fingerprint density at radius 1 is 1.41 bits per heavy atom. The van der Waals surface area contributed by atoms with Crippen molar-refractivity contribution >= 4 is 17.0 Å². The van der Waals surface area contributed by atoms with Crippen molar-refractivity contribution in [1.29, 1.82) is 0 Å². The van der Waals surface area contributed by atoms with Crippen molar-refractivity contribution in [3.63, 3.8) is 0 Å². The van der Waals surface area contributed by atoms with E-state index in [2.05, 4.69) is 15.1 Å². The number of likely N-dealkylation sites (tertiary alicyclic amines) is 1. The Kier molecular flexibility index (Phi) is 2.85. The first-order chi connectivity index (χ1) is 10.7. The van der Waals surface area contributed by atoms with Crippen LogP contribution >= 0.6 is 0 Å². The van der Waals surface area contributed by atoms with E-state index < -0.39 is 6.09 Å². The maximum absolute atomic E-state index is 11.2. The van der Waals surface area contributed by atoms with Crippen LogP contribution in [0.5, 0.6) is 0 Å². The predicted octanol–water partition coefficient (Wildman–Crippen LogP) is 3.03. The van der Waals surface area contributed by atoms with E-state index in [0.29, 0.717) is 24.7 Å². The summed E-state index contributed by atoms with van der Waals surface area (Å²) < 4.78 is 5.30. The summed E-state index contributed by atoms with van der Waals surface area (Å²) in [7, 11) is 0. The summed E-state index contributed by atoms with van der Waals surface area (Å²) in [6, 6.07) is 7.51. The lowest BCUT2D eigenvalue weighted by Gasteiger charge is -2.17. The third-order valence-corrected chi connectivity index (χ3v) is 4.04. The molecule has 1 aliphatic rings. The molecule has 2 aromatic heterocycles. The van der Waals surface area contributed by atoms with Crippen molar-refractivity contribution in [3.05, 3.63) is 36.4 Å². The SMILES string of the molecule is O=C(O)N1CCCC1c1nc(-c2ccc3cc[nH]c3c2)no1. The van der Waals surface area contributed by atoms with E-state index >= 15 is 0 Å². The van der Waals surface area contributed by atoms with Gasteiger partial charge in [-0.15, -0.1) is 0 Å². The second-order valence-corrected chi connectivity index (χ2v) is 5.37. The fraction of sp³-hybridized carbons (Fsp3) is 0.267. The van der Waals surface area contributed by atoms with Crippen LogP contribution in [0.2, 0.25) is 0 Å². The van der Waals surface area contributed by atoms with E-state index in [-0.39, 0.29) is 6.04 Å². The first-order valence-electron chi connectivity index (χ1n) is 7.13. The maximum atomic E-state index is 11.2. The van der Waals surface area contributed by atoms with Gasteiger partial charge in [-0.05, 0) is 30.4 Å². The highest BCUT2D eigenvalue weighted by molar-refractivity contribution is 5.83. The van der Waals surface area contributed by atoms with E-state index in [1.54, 1.807) is 0 Å². The largest absolute Gasteiger partial charge is 0.465 e. The molecule has 0 aliphatic carbocycles. The lowest BCUT2D eigenvalue weighted by molar-refractivity contribution is 0.131. The summed E-state index contributed by atoms with van der Waals surface area (Å²) in [4.78, 5) is 20.1. The summed E-state index contributed by atoms with van der Waals surface area (Å²) in [6.07, 6.45) is 2.45. The molecule has 1 aliphatic heterocycles. The monoisotopic (exact) mass is 298 g/mol. The molecule has 1 unspecified atom stereocenters. The normalized spacial score (nSPS) is 18.2. The Morgan fingerprint density at radius 3 is 3.18 bits per heavy atom. The van der Waals surface area contributed by atoms with Gasteiger partial charge in [0.25, 0.3) is 0 Å². The second-order valence-electron chi connectivity index (χ2n) is 5.37. The van der Waals surface area contributed by atoms with Crippen LogP contribution < -0.4 is 0 Å². The summed E-state index contributed by atoms with van der Waals surface area (Å²) in [6.45, 7) is 0.506. The summed E-state index contributed by atoms with van der Waals surface area (Å²) in [5.41, 5.74) is 1.83. The quantitative estimate of drug-likeness (QED) is 0.758. The van der Waals surface area contributed by atoms with E-state index in [1.165, 1.54) is 4.90 Å². The number of carbonyl (C=O) groups is 1. The molecule has 3 aromatic rings. The molecule has 1 amide bonds. The first kappa shape index (κ1) is 12.9. The van der Waals surface area contributed by atoms with Crippen molar-refractivity contribution in [2.45, 2.75) is 18.9 Å². The average Bonchev–Trinajstić information content (AvgIpc) is 3.25. The fourth-order valence-corrected chi connectivity index (χ4v) is 2.93. The van der Waals surface area contributed by atoms with Gasteiger partial charge in [0.1, 0.15) is 6.04 Å². The summed E-state index contributed by atoms with van der Waals surface area (Å²) in [5, 5.41) is 14.3. The van der Waals surface area contributed by atoms with Gasteiger partial charge in [0.15, 0.2) is 0 Å². The number of hydrogen-bond acceptors (Lipinski definition) is 4. The first-order valence-corrected chi connectivity index (χ1v) is 7.13. The van der Waals surface area contributed by atoms with Gasteiger partial charge in [-0.3, -0.25) is 4.90 Å². The number of H-pyrrole nitrogens is 1. The molecule has 0 bridgehead atoms. The minimum Gasteiger partial charge on any atom is -0.465 e. The lowest BCUT2D eigenvalue weighted by atomic mass is 10.1. The van der Waals surface area contributed by atoms with E-state index in [4.69, 9.17) is 4.52 Å². The van der Waals surface area contributed by atoms with Crippen LogP contribution in [0.1, 0.15) is 24.8 Å². The molecule has 1 atom stereocenters. The van der Waals surface area contributed by atoms with Gasteiger partial charge in [-0.1, -0.05) is 17.3 Å². The number of benzene rings is 1. The topological polar surface area (TPSA) is 95.2 Å². The molecule has 1 fully saturated rings. The molecule has 1 aromatic carbocycles. The predicted molar refractivity (Wildman–Crippen MR) is 78.3 cm³/mol. The zero-order chi connectivity index (χ0) is 15.1. The van der Waals surface area contributed by atoms with E-state index in [9.17, 15) is 9.90 Å². The highest BCUT2D eigenvalue weighted by Gasteiger charge is 2.34. The van der Waals surface area contributed by atoms with Gasteiger partial charge in [0.2, 0.25) is 11.7 Å². The molecule has 7 nitrogen and oxygen atoms in total. The number of fused-ring (bicyclic) bond motifs is 1. The van der Waals surface area contributed by atoms with Gasteiger partial charge >= 0.3 is 6.09 Å². The standard InChI is InChI=1S/C15H14N4O3/c20-15(21)19-7-1-2-12(19)14-17-13(18-22-14)10-4-3-9-5-6-16-11(9)8-10/h3-6,8,12,16H,1-2,7H2,(H,20,21). The molecular formula is C15H14N4O3. The molecule has 1 saturated heterocycles. The molecule has 4 rings (SSSR count). The van der Waals surface area contributed by atoms with Crippen LogP contribution in [-0.4, -0.2) is 37.8 Å². The summed E-state index contributed by atoms with van der Waals surface area (Å²) in [5.74, 6) is 0.838. The smallest absolute Gasteiger partial charge is 0.407 e. The van der Waals surface area contributed by atoms with E-state index in [1.807, 2.05) is 30.5 Å². The molecule has 22 heavy (non-hydrogen) atoms. The van der Waals surface area contributed by atoms with Crippen LogP contribution in [0.25, 0.3) is 22.3 Å². The van der Waals surface area contributed by atoms with Crippen molar-refractivity contribution in [2.75, 3.05) is 6.54 Å². The second kappa shape index (κ2) is 4.87. The molecule has 0 saturated carbocycles. The Bertz CT molecular complexity index is 838. The van der Waals surface area contributed by atoms with Crippen molar-refractivity contribution in [3.8, 4) is 11.4 Å². The number of hydrogen-bond donors (Lipinski definition) is 2. The highest BCUT2D eigenvalue weighted by Crippen LogP contribution is 2.32. The Labute approximate surface area is 125 Å². The number of amides is 1. The van der Waals surface area contributed by atoms with Crippen LogP contribution in [0.15, 0.2) is 35.0 Å². The van der Waals surface area contributed by atoms with Gasteiger partial charge in [-0.2, -0.15) is 4.98 Å². The fourth-order valence-electron chi connectivity index (χ4n) is 2.93. The minimum atomic E-state index is -0.949. The molecule has 2 N–H and O–H groups in total. The molecular weight excluding hydrogens is 284 g/mol. The van der Waals surface area contributed by atoms with Gasteiger partial charge in [0.05, 0.1) is 0 Å². The minimum absolute atomic E-state index is 0.340. The number of aromatic amines is 1. The van der Waals surface area contributed by atoms with Crippen LogP contribution in [-0.2, 0) is 0 Å². The van der Waals surface area contributed by atoms with Crippen molar-refractivity contribution in [1.82, 2.24) is 20.0 Å². The Hall–Kier alpha value is -2.83. The number of nitrogens with one attached hydrogen (secondary N) is 1. The van der Waals surface area contributed by atoms with Gasteiger partial charge < -0.3 is 14.6 Å². The van der Waals surface area contributed by atoms with E-state index in [0.717, 1.165) is 22.9 Å². The third-order valence-electron chi connectivity index (χ3n) is 4.04. The van der Waals surface area contributed by atoms with Crippen LogP contribution in [0.3, 0.4) is 0 Å². The molecule has 0 radical (unpaired) electrons. The number of aromatic nitrogens is 3. The van der Waals surface area contributed by atoms with Gasteiger partial charge in [-0.25, -0.2) is 4.79 Å². The summed E-state index contributed by atoms with van der Waals surface area (Å²) >= 11 is 0. The lowest BCUT2D eigenvalue weighted by Crippen LogP contribution is -2.28. The molecule has 0 spiro atoms. The zero-order valence-corrected chi connectivity index (χ0v) is 11.7. The molecule has 112 valence electrons. The Morgan fingerprint density at radius 2 is 2.32 bits per heavy atom. The van der Waals surface area contributed by atoms with Gasteiger partial charge in [0, 0.05) is 23.8 Å². The van der Waals surface area contributed by atoms with Crippen molar-refractivity contribution < 1.29 is 14.4 Å². The maximum Gasteiger partial charge on any atom is 0.407 e. The number of nitrogens with zero attached hydrogens (tertiary/aromatic N) is 3. The zero-order valence-electron chi connectivity index (χ0n) is 11.7. The van der Waals surface area contributed by atoms with Crippen molar-refractivity contribution in [2.24, 2.45) is 0 Å². The number of rotatable bonds is 2. The van der Waals surface area contributed by atoms with Crippen LogP contribution in [0.4, 0.5) is 4.79 Å².